The summed E-state index contributed by atoms with van der Waals surface area (Å²) in [7, 11) is 1.71. The van der Waals surface area contributed by atoms with Crippen molar-refractivity contribution < 1.29 is 28.6 Å². The number of nitrogens with one attached hydrogen (secondary N) is 1. The van der Waals surface area contributed by atoms with Crippen LogP contribution in [0, 0.1) is 5.92 Å². The summed E-state index contributed by atoms with van der Waals surface area (Å²) < 4.78 is 17.6. The molecule has 1 N–H and O–H groups in total. The molecule has 4 aliphatic rings. The molecule has 0 bridgehead atoms. The van der Waals surface area contributed by atoms with E-state index in [1.54, 1.807) is 18.1 Å². The summed E-state index contributed by atoms with van der Waals surface area (Å²) in [5.41, 5.74) is 4.42. The van der Waals surface area contributed by atoms with Gasteiger partial charge in [-0.25, -0.2) is 0 Å². The van der Waals surface area contributed by atoms with Gasteiger partial charge < -0.3 is 19.1 Å². The van der Waals surface area contributed by atoms with E-state index in [-0.39, 0.29) is 30.3 Å². The Labute approximate surface area is 255 Å². The molecule has 4 aliphatic heterocycles. The van der Waals surface area contributed by atoms with Crippen LogP contribution in [0.4, 0.5) is 0 Å². The van der Waals surface area contributed by atoms with Crippen molar-refractivity contribution in [2.45, 2.75) is 56.8 Å². The molecule has 3 atom stereocenters. The van der Waals surface area contributed by atoms with E-state index in [1.807, 2.05) is 18.3 Å². The Morgan fingerprint density at radius 3 is 2.73 bits per heavy atom. The number of methoxy groups -OCH3 is 1. The van der Waals surface area contributed by atoms with Gasteiger partial charge in [0.1, 0.15) is 17.9 Å². The van der Waals surface area contributed by atoms with E-state index < -0.39 is 11.9 Å². The van der Waals surface area contributed by atoms with Gasteiger partial charge in [0.05, 0.1) is 24.0 Å². The Kier molecular flexibility index (Phi) is 8.00. The van der Waals surface area contributed by atoms with Gasteiger partial charge in [-0.3, -0.25) is 34.6 Å². The van der Waals surface area contributed by atoms with Crippen molar-refractivity contribution in [3.63, 3.8) is 0 Å². The predicted octanol–water partition coefficient (Wildman–Crippen LogP) is 2.81. The number of nitrogens with zero attached hydrogens (tertiary/aromatic N) is 4. The molecule has 3 fully saturated rings. The number of amides is 3. The second-order valence-corrected chi connectivity index (χ2v) is 12.3. The van der Waals surface area contributed by atoms with Gasteiger partial charge in [-0.1, -0.05) is 6.07 Å². The highest BCUT2D eigenvalue weighted by Gasteiger charge is 2.40. The highest BCUT2D eigenvalue weighted by molar-refractivity contribution is 6.05. The molecule has 0 aliphatic carbocycles. The van der Waals surface area contributed by atoms with Gasteiger partial charge in [-0.05, 0) is 55.2 Å². The zero-order valence-electron chi connectivity index (χ0n) is 24.9. The molecular formula is C33H37N5O6. The highest BCUT2D eigenvalue weighted by Crippen LogP contribution is 2.32. The lowest BCUT2D eigenvalue weighted by molar-refractivity contribution is -0.136. The number of rotatable bonds is 8. The Balaban J connectivity index is 1.01. The first kappa shape index (κ1) is 28.8. The number of fused-ring (bicyclic) bond motifs is 2. The monoisotopic (exact) mass is 599 g/mol. The van der Waals surface area contributed by atoms with Crippen molar-refractivity contribution in [1.82, 2.24) is 25.1 Å². The van der Waals surface area contributed by atoms with E-state index in [2.05, 4.69) is 28.4 Å². The van der Waals surface area contributed by atoms with Crippen LogP contribution < -0.4 is 10.1 Å². The topological polar surface area (TPSA) is 123 Å². The standard InChI is InChI=1S/C33H37N5O6/c1-42-19-23-15-37(17-24-12-21-2-5-27(35-28(21)14-34-24)20-8-10-43-11-9-20)18-30(23)44-25-3-4-26-22(13-25)16-38(33(26)41)29-6-7-31(39)36-32(29)40/h2-5,12-14,20,23,29-30H,6-11,15-19H2,1H3,(H,36,39,40)/t23-,29-,30+/m0/s1. The lowest BCUT2D eigenvalue weighted by Gasteiger charge is -2.29. The zero-order valence-corrected chi connectivity index (χ0v) is 24.9. The average Bonchev–Trinajstić information content (AvgIpc) is 3.56. The van der Waals surface area contributed by atoms with E-state index in [9.17, 15) is 14.4 Å². The number of carbonyl (C=O) groups is 3. The first-order chi connectivity index (χ1) is 21.4. The van der Waals surface area contributed by atoms with E-state index in [0.29, 0.717) is 49.9 Å². The third kappa shape index (κ3) is 5.79. The van der Waals surface area contributed by atoms with Crippen molar-refractivity contribution >= 4 is 28.6 Å². The lowest BCUT2D eigenvalue weighted by atomic mass is 9.95. The van der Waals surface area contributed by atoms with Crippen LogP contribution in [-0.2, 0) is 32.2 Å². The number of hydrogen-bond donors (Lipinski definition) is 1. The molecule has 3 amide bonds. The molecule has 2 aromatic heterocycles. The van der Waals surface area contributed by atoms with Crippen molar-refractivity contribution in [3.8, 4) is 5.75 Å². The van der Waals surface area contributed by atoms with Gasteiger partial charge in [0.2, 0.25) is 11.8 Å². The van der Waals surface area contributed by atoms with Crippen LogP contribution >= 0.6 is 0 Å². The van der Waals surface area contributed by atoms with Gasteiger partial charge in [0.15, 0.2) is 0 Å². The molecule has 44 heavy (non-hydrogen) atoms. The predicted molar refractivity (Wildman–Crippen MR) is 160 cm³/mol. The molecule has 7 rings (SSSR count). The Morgan fingerprint density at radius 2 is 1.91 bits per heavy atom. The van der Waals surface area contributed by atoms with E-state index >= 15 is 0 Å². The normalized spacial score (nSPS) is 24.6. The number of aromatic nitrogens is 2. The van der Waals surface area contributed by atoms with Crippen LogP contribution in [0.25, 0.3) is 10.9 Å². The van der Waals surface area contributed by atoms with Crippen molar-refractivity contribution in [3.05, 3.63) is 65.1 Å². The maximum atomic E-state index is 13.1. The Hall–Kier alpha value is -3.93. The second-order valence-electron chi connectivity index (χ2n) is 12.3. The number of hydrogen-bond acceptors (Lipinski definition) is 9. The van der Waals surface area contributed by atoms with E-state index in [1.165, 1.54) is 0 Å². The number of likely N-dealkylation sites (tertiary alicyclic amines) is 1. The molecule has 11 heteroatoms. The van der Waals surface area contributed by atoms with Crippen molar-refractivity contribution in [2.24, 2.45) is 5.92 Å². The SMILES string of the molecule is COC[C@@H]1CN(Cc2cc3ccc(C4CCOCC4)nc3cn2)C[C@H]1Oc1ccc2c(c1)CN([C@H]1CCC(=O)NC1=O)C2=O. The quantitative estimate of drug-likeness (QED) is 0.390. The van der Waals surface area contributed by atoms with E-state index in [4.69, 9.17) is 24.2 Å². The van der Waals surface area contributed by atoms with Crippen LogP contribution in [0.15, 0.2) is 42.6 Å². The van der Waals surface area contributed by atoms with Crippen molar-refractivity contribution in [2.75, 3.05) is 40.0 Å². The number of pyridine rings is 2. The number of imide groups is 1. The third-order valence-corrected chi connectivity index (χ3v) is 9.30. The smallest absolute Gasteiger partial charge is 0.255 e. The van der Waals surface area contributed by atoms with Crippen LogP contribution in [-0.4, -0.2) is 89.7 Å². The zero-order chi connectivity index (χ0) is 30.2. The van der Waals surface area contributed by atoms with Crippen LogP contribution in [0.5, 0.6) is 5.75 Å². The fourth-order valence-corrected chi connectivity index (χ4v) is 6.99. The maximum absolute atomic E-state index is 13.1. The number of benzene rings is 1. The maximum Gasteiger partial charge on any atom is 0.255 e. The fourth-order valence-electron chi connectivity index (χ4n) is 6.99. The van der Waals surface area contributed by atoms with Crippen LogP contribution in [0.3, 0.4) is 0 Å². The highest BCUT2D eigenvalue weighted by atomic mass is 16.5. The fraction of sp³-hybridized carbons (Fsp3) is 0.485. The summed E-state index contributed by atoms with van der Waals surface area (Å²) in [6.07, 6.45) is 4.37. The summed E-state index contributed by atoms with van der Waals surface area (Å²) in [5, 5.41) is 3.44. The summed E-state index contributed by atoms with van der Waals surface area (Å²) >= 11 is 0. The van der Waals surface area contributed by atoms with Gasteiger partial charge in [0, 0.05) is 81.4 Å². The molecule has 0 radical (unpaired) electrons. The van der Waals surface area contributed by atoms with Crippen LogP contribution in [0.1, 0.15) is 58.9 Å². The number of carbonyl (C=O) groups excluding carboxylic acids is 3. The minimum Gasteiger partial charge on any atom is -0.489 e. The van der Waals surface area contributed by atoms with Gasteiger partial charge in [0.25, 0.3) is 5.91 Å². The minimum atomic E-state index is -0.639. The summed E-state index contributed by atoms with van der Waals surface area (Å²) in [6.45, 7) is 4.69. The molecular weight excluding hydrogens is 562 g/mol. The van der Waals surface area contributed by atoms with Gasteiger partial charge in [-0.2, -0.15) is 0 Å². The molecule has 230 valence electrons. The van der Waals surface area contributed by atoms with Gasteiger partial charge in [-0.15, -0.1) is 0 Å². The molecule has 11 nitrogen and oxygen atoms in total. The number of ether oxygens (including phenoxy) is 3. The summed E-state index contributed by atoms with van der Waals surface area (Å²) in [4.78, 5) is 50.6. The molecule has 6 heterocycles. The molecule has 1 aromatic carbocycles. The first-order valence-electron chi connectivity index (χ1n) is 15.4. The molecule has 3 aromatic rings. The van der Waals surface area contributed by atoms with Crippen LogP contribution in [0.2, 0.25) is 0 Å². The number of piperidine rings is 1. The molecule has 0 saturated carbocycles. The molecule has 3 saturated heterocycles. The summed E-state index contributed by atoms with van der Waals surface area (Å²) in [6, 6.07) is 11.3. The Morgan fingerprint density at radius 1 is 1.05 bits per heavy atom. The second kappa shape index (κ2) is 12.2. The van der Waals surface area contributed by atoms with Gasteiger partial charge >= 0.3 is 0 Å². The lowest BCUT2D eigenvalue weighted by Crippen LogP contribution is -2.52. The third-order valence-electron chi connectivity index (χ3n) is 9.30. The largest absolute Gasteiger partial charge is 0.489 e. The molecule has 0 spiro atoms. The van der Waals surface area contributed by atoms with Crippen molar-refractivity contribution in [1.29, 1.82) is 0 Å². The Bertz CT molecular complexity index is 1590. The average molecular weight is 600 g/mol. The minimum absolute atomic E-state index is 0.0968. The van der Waals surface area contributed by atoms with E-state index in [0.717, 1.165) is 60.5 Å². The first-order valence-corrected chi connectivity index (χ1v) is 15.4. The molecule has 0 unspecified atom stereocenters. The summed E-state index contributed by atoms with van der Waals surface area (Å²) in [5.74, 6) is 0.397.